The number of carbonyl (C=O) groups is 1. The molecule has 0 atom stereocenters. The van der Waals surface area contributed by atoms with Crippen LogP contribution in [-0.4, -0.2) is 11.7 Å². The molecule has 0 fully saturated rings. The zero-order valence-electron chi connectivity index (χ0n) is 6.90. The van der Waals surface area contributed by atoms with Crippen LogP contribution in [0, 0.1) is 10.5 Å². The summed E-state index contributed by atoms with van der Waals surface area (Å²) in [5, 5.41) is 0. The van der Waals surface area contributed by atoms with Crippen LogP contribution >= 0.6 is 50.1 Å². The van der Waals surface area contributed by atoms with E-state index in [0.717, 1.165) is 13.6 Å². The first kappa shape index (κ1) is 11.5. The number of hydrogen-bond acceptors (Lipinski definition) is 1. The van der Waals surface area contributed by atoms with Crippen molar-refractivity contribution >= 4 is 55.9 Å². The van der Waals surface area contributed by atoms with Crippen molar-refractivity contribution < 1.29 is 4.79 Å². The number of aryl methyl sites for hydroxylation is 1. The Kier molecular flexibility index (Phi) is 4.19. The summed E-state index contributed by atoms with van der Waals surface area (Å²) in [6.07, 6.45) is 0. The molecule has 1 nitrogen and oxygen atoms in total. The van der Waals surface area contributed by atoms with Crippen LogP contribution in [0.1, 0.15) is 15.9 Å². The minimum Gasteiger partial charge on any atom is -0.293 e. The van der Waals surface area contributed by atoms with Gasteiger partial charge in [0.25, 0.3) is 0 Å². The highest BCUT2D eigenvalue weighted by molar-refractivity contribution is 14.1. The summed E-state index contributed by atoms with van der Waals surface area (Å²) in [6.45, 7) is 1.97. The lowest BCUT2D eigenvalue weighted by Gasteiger charge is -2.06. The minimum atomic E-state index is -0.0401. The summed E-state index contributed by atoms with van der Waals surface area (Å²) < 4.78 is 1.78. The molecule has 0 aliphatic rings. The fourth-order valence-electron chi connectivity index (χ4n) is 0.979. The zero-order chi connectivity index (χ0) is 10.0. The fourth-order valence-corrected chi connectivity index (χ4v) is 2.81. The Morgan fingerprint density at radius 1 is 1.62 bits per heavy atom. The summed E-state index contributed by atoms with van der Waals surface area (Å²) in [4.78, 5) is 11.4. The molecular formula is C9H7BrClIO. The minimum absolute atomic E-state index is 0.0258. The molecule has 0 saturated carbocycles. The highest BCUT2D eigenvalue weighted by Crippen LogP contribution is 2.25. The van der Waals surface area contributed by atoms with Crippen molar-refractivity contribution in [3.8, 4) is 0 Å². The molecule has 0 radical (unpaired) electrons. The van der Waals surface area contributed by atoms with Crippen molar-refractivity contribution in [2.24, 2.45) is 0 Å². The third-order valence-electron chi connectivity index (χ3n) is 1.68. The maximum Gasteiger partial charge on any atom is 0.179 e. The Hall–Kier alpha value is 0.390. The van der Waals surface area contributed by atoms with Crippen molar-refractivity contribution in [3.05, 3.63) is 31.3 Å². The Morgan fingerprint density at radius 3 is 2.77 bits per heavy atom. The van der Waals surface area contributed by atoms with Gasteiger partial charge in [0.05, 0.1) is 5.88 Å². The van der Waals surface area contributed by atoms with Crippen LogP contribution in [0.25, 0.3) is 0 Å². The molecule has 70 valence electrons. The number of carbonyl (C=O) groups excluding carboxylic acids is 1. The van der Waals surface area contributed by atoms with E-state index < -0.39 is 0 Å². The molecule has 1 aromatic rings. The first-order valence-electron chi connectivity index (χ1n) is 3.61. The van der Waals surface area contributed by atoms with Crippen molar-refractivity contribution in [2.75, 3.05) is 5.88 Å². The fraction of sp³-hybridized carbons (Fsp3) is 0.222. The molecule has 0 aliphatic heterocycles. The van der Waals surface area contributed by atoms with Crippen LogP contribution < -0.4 is 0 Å². The first-order chi connectivity index (χ1) is 6.07. The molecule has 13 heavy (non-hydrogen) atoms. The summed E-state index contributed by atoms with van der Waals surface area (Å²) >= 11 is 11.0. The van der Waals surface area contributed by atoms with E-state index in [1.807, 2.05) is 19.1 Å². The van der Waals surface area contributed by atoms with Gasteiger partial charge in [0.2, 0.25) is 0 Å². The van der Waals surface area contributed by atoms with Crippen molar-refractivity contribution in [2.45, 2.75) is 6.92 Å². The number of alkyl halides is 1. The van der Waals surface area contributed by atoms with Gasteiger partial charge in [-0.1, -0.05) is 22.0 Å². The third kappa shape index (κ3) is 2.44. The Balaban J connectivity index is 3.33. The number of benzene rings is 1. The number of ketones is 1. The molecule has 0 aromatic heterocycles. The van der Waals surface area contributed by atoms with Crippen molar-refractivity contribution in [1.29, 1.82) is 0 Å². The third-order valence-corrected chi connectivity index (χ3v) is 3.98. The smallest absolute Gasteiger partial charge is 0.179 e. The molecule has 1 aromatic carbocycles. The van der Waals surface area contributed by atoms with Gasteiger partial charge in [-0.3, -0.25) is 4.79 Å². The molecule has 0 spiro atoms. The van der Waals surface area contributed by atoms with E-state index >= 15 is 0 Å². The SMILES string of the molecule is Cc1ccc(Br)c(C(=O)CCl)c1I. The summed E-state index contributed by atoms with van der Waals surface area (Å²) in [5.41, 5.74) is 1.79. The highest BCUT2D eigenvalue weighted by Gasteiger charge is 2.14. The lowest BCUT2D eigenvalue weighted by molar-refractivity contribution is 0.101. The lowest BCUT2D eigenvalue weighted by atomic mass is 10.1. The van der Waals surface area contributed by atoms with Gasteiger partial charge in [-0.05, 0) is 41.1 Å². The Labute approximate surface area is 104 Å². The lowest BCUT2D eigenvalue weighted by Crippen LogP contribution is -2.05. The zero-order valence-corrected chi connectivity index (χ0v) is 11.4. The van der Waals surface area contributed by atoms with Gasteiger partial charge in [0.15, 0.2) is 5.78 Å². The summed E-state index contributed by atoms with van der Waals surface area (Å²) in [6, 6.07) is 3.84. The predicted molar refractivity (Wildman–Crippen MR) is 66.6 cm³/mol. The van der Waals surface area contributed by atoms with Gasteiger partial charge in [0, 0.05) is 13.6 Å². The van der Waals surface area contributed by atoms with E-state index in [-0.39, 0.29) is 11.7 Å². The Morgan fingerprint density at radius 2 is 2.23 bits per heavy atom. The van der Waals surface area contributed by atoms with E-state index in [1.54, 1.807) is 0 Å². The van der Waals surface area contributed by atoms with Crippen LogP contribution in [0.2, 0.25) is 0 Å². The second-order valence-corrected chi connectivity index (χ2v) is 4.81. The second kappa shape index (κ2) is 4.75. The maximum atomic E-state index is 11.4. The monoisotopic (exact) mass is 372 g/mol. The molecule has 0 N–H and O–H groups in total. The summed E-state index contributed by atoms with van der Waals surface area (Å²) in [7, 11) is 0. The average molecular weight is 373 g/mol. The van der Waals surface area contributed by atoms with Gasteiger partial charge in [-0.25, -0.2) is 0 Å². The van der Waals surface area contributed by atoms with E-state index in [2.05, 4.69) is 38.5 Å². The van der Waals surface area contributed by atoms with Gasteiger partial charge in [-0.2, -0.15) is 0 Å². The second-order valence-electron chi connectivity index (χ2n) is 2.61. The molecule has 0 saturated heterocycles. The quantitative estimate of drug-likeness (QED) is 0.438. The van der Waals surface area contributed by atoms with Gasteiger partial charge < -0.3 is 0 Å². The molecule has 0 aliphatic carbocycles. The maximum absolute atomic E-state index is 11.4. The normalized spacial score (nSPS) is 10.2. The molecule has 0 heterocycles. The number of Topliss-reactive ketones (excluding diaryl/α,β-unsaturated/α-hetero) is 1. The first-order valence-corrected chi connectivity index (χ1v) is 6.02. The number of halogens is 3. The molecule has 0 unspecified atom stereocenters. The van der Waals surface area contributed by atoms with E-state index in [0.29, 0.717) is 5.56 Å². The molecule has 0 amide bonds. The van der Waals surface area contributed by atoms with Crippen molar-refractivity contribution in [3.63, 3.8) is 0 Å². The standard InChI is InChI=1S/C9H7BrClIO/c1-5-2-3-6(10)8(9(5)12)7(13)4-11/h2-3H,4H2,1H3. The van der Waals surface area contributed by atoms with E-state index in [1.165, 1.54) is 0 Å². The van der Waals surface area contributed by atoms with Crippen molar-refractivity contribution in [1.82, 2.24) is 0 Å². The topological polar surface area (TPSA) is 17.1 Å². The van der Waals surface area contributed by atoms with Crippen LogP contribution in [0.4, 0.5) is 0 Å². The van der Waals surface area contributed by atoms with Gasteiger partial charge in [0.1, 0.15) is 0 Å². The highest BCUT2D eigenvalue weighted by atomic mass is 127. The number of rotatable bonds is 2. The van der Waals surface area contributed by atoms with E-state index in [9.17, 15) is 4.79 Å². The largest absolute Gasteiger partial charge is 0.293 e. The van der Waals surface area contributed by atoms with E-state index in [4.69, 9.17) is 11.6 Å². The van der Waals surface area contributed by atoms with Gasteiger partial charge >= 0.3 is 0 Å². The Bertz CT molecular complexity index is 352. The molecule has 1 rings (SSSR count). The van der Waals surface area contributed by atoms with Crippen LogP contribution in [0.5, 0.6) is 0 Å². The van der Waals surface area contributed by atoms with Crippen LogP contribution in [0.3, 0.4) is 0 Å². The predicted octanol–water partition coefficient (Wildman–Crippen LogP) is 3.78. The average Bonchev–Trinajstić information content (AvgIpc) is 2.12. The number of hydrogen-bond donors (Lipinski definition) is 0. The van der Waals surface area contributed by atoms with Gasteiger partial charge in [-0.15, -0.1) is 11.6 Å². The van der Waals surface area contributed by atoms with Crippen LogP contribution in [0.15, 0.2) is 16.6 Å². The van der Waals surface area contributed by atoms with Crippen LogP contribution in [-0.2, 0) is 0 Å². The molecule has 0 bridgehead atoms. The summed E-state index contributed by atoms with van der Waals surface area (Å²) in [5.74, 6) is -0.0143. The molecule has 4 heteroatoms. The molecular weight excluding hydrogens is 366 g/mol.